The van der Waals surface area contributed by atoms with Crippen LogP contribution in [0.25, 0.3) is 0 Å². The number of aryl methyl sites for hydroxylation is 1. The van der Waals surface area contributed by atoms with Gasteiger partial charge in [0.05, 0.1) is 36.7 Å². The molecule has 0 atom stereocenters. The molecule has 0 unspecified atom stereocenters. The Morgan fingerprint density at radius 2 is 2.04 bits per heavy atom. The molecule has 3 amide bonds. The van der Waals surface area contributed by atoms with Crippen LogP contribution in [-0.4, -0.2) is 48.1 Å². The average molecular weight is 387 g/mol. The summed E-state index contributed by atoms with van der Waals surface area (Å²) in [4.78, 5) is 31.8. The Kier molecular flexibility index (Phi) is 6.17. The van der Waals surface area contributed by atoms with Crippen molar-refractivity contribution >= 4 is 17.6 Å². The molecule has 1 aromatic carbocycles. The predicted molar refractivity (Wildman–Crippen MR) is 101 cm³/mol. The van der Waals surface area contributed by atoms with Crippen molar-refractivity contribution in [2.24, 2.45) is 5.84 Å². The Hall–Kier alpha value is -3.04. The number of benzene rings is 1. The standard InChI is InChI=1S/C19H22FN5O3/c1-13-2-5-17(16(20)10-13)25(19(27)24-6-8-28-9-7-24)12-15-4-3-14(11-22-15)18(26)23-21/h2-5,10-11H,6-9,12,21H2,1H3,(H,23,26). The van der Waals surface area contributed by atoms with Crippen LogP contribution in [0, 0.1) is 12.7 Å². The van der Waals surface area contributed by atoms with Crippen molar-refractivity contribution in [3.8, 4) is 0 Å². The number of hydrazine groups is 1. The van der Waals surface area contributed by atoms with Crippen LogP contribution >= 0.6 is 0 Å². The van der Waals surface area contributed by atoms with Crippen LogP contribution in [0.1, 0.15) is 21.6 Å². The summed E-state index contributed by atoms with van der Waals surface area (Å²) < 4.78 is 19.9. The monoisotopic (exact) mass is 387 g/mol. The van der Waals surface area contributed by atoms with Crippen LogP contribution in [0.4, 0.5) is 14.9 Å². The number of amides is 3. The number of hydrogen-bond donors (Lipinski definition) is 2. The molecule has 0 spiro atoms. The molecule has 3 N–H and O–H groups in total. The van der Waals surface area contributed by atoms with Gasteiger partial charge >= 0.3 is 6.03 Å². The molecule has 0 bridgehead atoms. The maximum Gasteiger partial charge on any atom is 0.325 e. The normalized spacial score (nSPS) is 13.9. The maximum absolute atomic E-state index is 14.6. The minimum atomic E-state index is -0.485. The van der Waals surface area contributed by atoms with E-state index in [2.05, 4.69) is 4.98 Å². The molecule has 0 radical (unpaired) electrons. The molecule has 1 aliphatic heterocycles. The van der Waals surface area contributed by atoms with Crippen LogP contribution in [0.15, 0.2) is 36.5 Å². The van der Waals surface area contributed by atoms with E-state index in [-0.39, 0.29) is 18.3 Å². The molecular formula is C19H22FN5O3. The zero-order valence-electron chi connectivity index (χ0n) is 15.5. The van der Waals surface area contributed by atoms with Crippen LogP contribution in [0.5, 0.6) is 0 Å². The molecule has 2 heterocycles. The fourth-order valence-electron chi connectivity index (χ4n) is 2.91. The van der Waals surface area contributed by atoms with Gasteiger partial charge in [0.25, 0.3) is 5.91 Å². The van der Waals surface area contributed by atoms with E-state index in [1.54, 1.807) is 36.1 Å². The van der Waals surface area contributed by atoms with E-state index < -0.39 is 11.7 Å². The fraction of sp³-hybridized carbons (Fsp3) is 0.316. The van der Waals surface area contributed by atoms with Crippen molar-refractivity contribution in [3.05, 3.63) is 59.2 Å². The molecule has 8 nitrogen and oxygen atoms in total. The number of nitrogens with one attached hydrogen (secondary N) is 1. The lowest BCUT2D eigenvalue weighted by Crippen LogP contribution is -2.48. The second-order valence-corrected chi connectivity index (χ2v) is 6.43. The number of carbonyl (C=O) groups excluding carboxylic acids is 2. The first-order valence-corrected chi connectivity index (χ1v) is 8.86. The van der Waals surface area contributed by atoms with Crippen molar-refractivity contribution in [2.45, 2.75) is 13.5 Å². The Balaban J connectivity index is 1.89. The summed E-state index contributed by atoms with van der Waals surface area (Å²) in [5.41, 5.74) is 3.76. The minimum absolute atomic E-state index is 0.0562. The van der Waals surface area contributed by atoms with Crippen molar-refractivity contribution in [3.63, 3.8) is 0 Å². The van der Waals surface area contributed by atoms with Crippen molar-refractivity contribution in [1.29, 1.82) is 0 Å². The van der Waals surface area contributed by atoms with Gasteiger partial charge in [-0.1, -0.05) is 6.07 Å². The van der Waals surface area contributed by atoms with Crippen molar-refractivity contribution in [1.82, 2.24) is 15.3 Å². The SMILES string of the molecule is Cc1ccc(N(Cc2ccc(C(=O)NN)cn2)C(=O)N2CCOCC2)c(F)c1. The lowest BCUT2D eigenvalue weighted by atomic mass is 10.2. The molecular weight excluding hydrogens is 365 g/mol. The molecule has 1 aliphatic rings. The van der Waals surface area contributed by atoms with Crippen LogP contribution in [0.3, 0.4) is 0 Å². The molecule has 0 saturated carbocycles. The highest BCUT2D eigenvalue weighted by Gasteiger charge is 2.26. The number of nitrogens with two attached hydrogens (primary N) is 1. The number of hydrogen-bond acceptors (Lipinski definition) is 5. The predicted octanol–water partition coefficient (Wildman–Crippen LogP) is 1.59. The maximum atomic E-state index is 14.6. The van der Waals surface area contributed by atoms with Gasteiger partial charge in [0.1, 0.15) is 5.82 Å². The zero-order chi connectivity index (χ0) is 20.1. The molecule has 9 heteroatoms. The van der Waals surface area contributed by atoms with Crippen molar-refractivity contribution < 1.29 is 18.7 Å². The van der Waals surface area contributed by atoms with Gasteiger partial charge in [-0.3, -0.25) is 20.1 Å². The molecule has 1 saturated heterocycles. The molecule has 1 fully saturated rings. The Morgan fingerprint density at radius 3 is 2.64 bits per heavy atom. The van der Waals surface area contributed by atoms with Gasteiger partial charge in [-0.2, -0.15) is 0 Å². The van der Waals surface area contributed by atoms with E-state index in [4.69, 9.17) is 10.6 Å². The minimum Gasteiger partial charge on any atom is -0.378 e. The highest BCUT2D eigenvalue weighted by molar-refractivity contribution is 5.93. The van der Waals surface area contributed by atoms with E-state index in [0.717, 1.165) is 5.56 Å². The molecule has 1 aromatic heterocycles. The number of nitrogens with zero attached hydrogens (tertiary/aromatic N) is 3. The highest BCUT2D eigenvalue weighted by Crippen LogP contribution is 2.24. The van der Waals surface area contributed by atoms with Gasteiger partial charge in [-0.25, -0.2) is 15.0 Å². The molecule has 148 valence electrons. The topological polar surface area (TPSA) is 101 Å². The molecule has 28 heavy (non-hydrogen) atoms. The first kappa shape index (κ1) is 19.7. The smallest absolute Gasteiger partial charge is 0.325 e. The average Bonchev–Trinajstić information content (AvgIpc) is 2.72. The fourth-order valence-corrected chi connectivity index (χ4v) is 2.91. The quantitative estimate of drug-likeness (QED) is 0.471. The van der Waals surface area contributed by atoms with E-state index >= 15 is 0 Å². The summed E-state index contributed by atoms with van der Waals surface area (Å²) in [5, 5.41) is 0. The van der Waals surface area contributed by atoms with Gasteiger partial charge in [-0.15, -0.1) is 0 Å². The van der Waals surface area contributed by atoms with Gasteiger partial charge in [0.2, 0.25) is 0 Å². The first-order valence-electron chi connectivity index (χ1n) is 8.86. The van der Waals surface area contributed by atoms with Crippen molar-refractivity contribution in [2.75, 3.05) is 31.2 Å². The largest absolute Gasteiger partial charge is 0.378 e. The number of rotatable bonds is 4. The highest BCUT2D eigenvalue weighted by atomic mass is 19.1. The second kappa shape index (κ2) is 8.77. The third-order valence-electron chi connectivity index (χ3n) is 4.44. The van der Waals surface area contributed by atoms with E-state index in [0.29, 0.717) is 37.6 Å². The molecule has 0 aliphatic carbocycles. The van der Waals surface area contributed by atoms with Gasteiger partial charge in [0.15, 0.2) is 0 Å². The third kappa shape index (κ3) is 4.44. The lowest BCUT2D eigenvalue weighted by Gasteiger charge is -2.33. The first-order chi connectivity index (χ1) is 13.5. The number of urea groups is 1. The lowest BCUT2D eigenvalue weighted by molar-refractivity contribution is 0.0547. The summed E-state index contributed by atoms with van der Waals surface area (Å²) in [6.07, 6.45) is 1.36. The number of pyridine rings is 1. The Bertz CT molecular complexity index is 853. The Morgan fingerprint density at radius 1 is 1.29 bits per heavy atom. The number of carbonyl (C=O) groups is 2. The number of halogens is 1. The number of ether oxygens (including phenoxy) is 1. The number of anilines is 1. The second-order valence-electron chi connectivity index (χ2n) is 6.43. The van der Waals surface area contributed by atoms with Crippen LogP contribution < -0.4 is 16.2 Å². The number of morpholine rings is 1. The summed E-state index contributed by atoms with van der Waals surface area (Å²) in [6, 6.07) is 7.55. The van der Waals surface area contributed by atoms with E-state index in [1.807, 2.05) is 5.43 Å². The summed E-state index contributed by atoms with van der Waals surface area (Å²) in [6.45, 7) is 3.59. The van der Waals surface area contributed by atoms with Crippen LogP contribution in [-0.2, 0) is 11.3 Å². The zero-order valence-corrected chi connectivity index (χ0v) is 15.5. The van der Waals surface area contributed by atoms with Gasteiger partial charge in [0, 0.05) is 19.3 Å². The molecule has 2 aromatic rings. The summed E-state index contributed by atoms with van der Waals surface area (Å²) >= 11 is 0. The summed E-state index contributed by atoms with van der Waals surface area (Å²) in [5.74, 6) is 4.16. The van der Waals surface area contributed by atoms with Crippen LogP contribution in [0.2, 0.25) is 0 Å². The molecule has 3 rings (SSSR count). The van der Waals surface area contributed by atoms with Gasteiger partial charge in [-0.05, 0) is 36.8 Å². The number of nitrogen functional groups attached to an aromatic ring is 1. The number of aromatic nitrogens is 1. The van der Waals surface area contributed by atoms with Gasteiger partial charge < -0.3 is 9.64 Å². The third-order valence-corrected chi connectivity index (χ3v) is 4.44. The van der Waals surface area contributed by atoms with E-state index in [9.17, 15) is 14.0 Å². The van der Waals surface area contributed by atoms with E-state index in [1.165, 1.54) is 17.2 Å². The Labute approximate surface area is 162 Å². The summed E-state index contributed by atoms with van der Waals surface area (Å²) in [7, 11) is 0.